The Balaban J connectivity index is 1.66. The molecule has 1 N–H and O–H groups in total. The average Bonchev–Trinajstić information content (AvgIpc) is 3.34. The third-order valence-electron chi connectivity index (χ3n) is 5.53. The van der Waals surface area contributed by atoms with Crippen LogP contribution in [0.1, 0.15) is 35.6 Å². The normalized spacial score (nSPS) is 23.6. The Morgan fingerprint density at radius 3 is 2.70 bits per heavy atom. The molecule has 27 heavy (non-hydrogen) atoms. The predicted octanol–water partition coefficient (Wildman–Crippen LogP) is 3.24. The minimum absolute atomic E-state index is 0.0469. The molecule has 2 heterocycles. The minimum atomic E-state index is -0.280. The van der Waals surface area contributed by atoms with Crippen LogP contribution in [0.4, 0.5) is 0 Å². The molecule has 0 radical (unpaired) electrons. The number of fused-ring (bicyclic) bond motifs is 1. The van der Waals surface area contributed by atoms with Crippen molar-refractivity contribution in [1.29, 1.82) is 0 Å². The van der Waals surface area contributed by atoms with Gasteiger partial charge in [-0.1, -0.05) is 24.3 Å². The number of benzene rings is 2. The van der Waals surface area contributed by atoms with Crippen molar-refractivity contribution in [2.45, 2.75) is 25.3 Å². The van der Waals surface area contributed by atoms with Crippen LogP contribution >= 0.6 is 0 Å². The highest BCUT2D eigenvalue weighted by Crippen LogP contribution is 2.42. The first-order valence-corrected chi connectivity index (χ1v) is 9.51. The topological polar surface area (TPSA) is 56.8 Å². The first-order valence-electron chi connectivity index (χ1n) is 9.51. The molecule has 0 spiro atoms. The van der Waals surface area contributed by atoms with E-state index in [9.17, 15) is 4.79 Å². The molecule has 0 aromatic heterocycles. The van der Waals surface area contributed by atoms with Gasteiger partial charge < -0.3 is 19.5 Å². The lowest BCUT2D eigenvalue weighted by molar-refractivity contribution is -0.148. The van der Waals surface area contributed by atoms with Gasteiger partial charge in [0.15, 0.2) is 0 Å². The van der Waals surface area contributed by atoms with E-state index in [2.05, 4.69) is 23.5 Å². The fourth-order valence-corrected chi connectivity index (χ4v) is 4.15. The number of hydrogen-bond donors (Lipinski definition) is 1. The number of nitrogens with one attached hydrogen (secondary N) is 1. The van der Waals surface area contributed by atoms with Crippen molar-refractivity contribution in [3.63, 3.8) is 0 Å². The molecular weight excluding hydrogens is 342 g/mol. The number of carbonyl (C=O) groups excluding carboxylic acids is 1. The van der Waals surface area contributed by atoms with E-state index in [1.807, 2.05) is 31.2 Å². The van der Waals surface area contributed by atoms with Crippen molar-refractivity contribution in [3.05, 3.63) is 59.2 Å². The van der Waals surface area contributed by atoms with Crippen molar-refractivity contribution in [3.8, 4) is 11.5 Å². The van der Waals surface area contributed by atoms with Gasteiger partial charge in [0.05, 0.1) is 26.2 Å². The number of rotatable bonds is 5. The zero-order chi connectivity index (χ0) is 18.8. The zero-order valence-electron chi connectivity index (χ0n) is 15.7. The number of carbonyl (C=O) groups is 1. The van der Waals surface area contributed by atoms with Gasteiger partial charge >= 0.3 is 5.97 Å². The van der Waals surface area contributed by atoms with Crippen molar-refractivity contribution in [2.24, 2.45) is 5.92 Å². The molecule has 1 saturated heterocycles. The second-order valence-corrected chi connectivity index (χ2v) is 7.01. The minimum Gasteiger partial charge on any atom is -0.497 e. The first kappa shape index (κ1) is 17.9. The molecule has 3 atom stereocenters. The Hall–Kier alpha value is -2.53. The average molecular weight is 367 g/mol. The Morgan fingerprint density at radius 2 is 1.96 bits per heavy atom. The van der Waals surface area contributed by atoms with Gasteiger partial charge in [-0.2, -0.15) is 0 Å². The SMILES string of the molecule is CCOC(=O)[C@@H]1[C@@H](c2ccc3c(c2)OCC3)CN[C@H]1c1ccc(OC)cc1. The van der Waals surface area contributed by atoms with Crippen LogP contribution in [0.25, 0.3) is 0 Å². The lowest BCUT2D eigenvalue weighted by Crippen LogP contribution is -2.27. The maximum absolute atomic E-state index is 12.9. The number of esters is 1. The highest BCUT2D eigenvalue weighted by Gasteiger charge is 2.43. The molecule has 5 nitrogen and oxygen atoms in total. The summed E-state index contributed by atoms with van der Waals surface area (Å²) in [4.78, 5) is 12.9. The van der Waals surface area contributed by atoms with Gasteiger partial charge in [0.2, 0.25) is 0 Å². The molecule has 0 bridgehead atoms. The lowest BCUT2D eigenvalue weighted by Gasteiger charge is -2.23. The molecule has 142 valence electrons. The summed E-state index contributed by atoms with van der Waals surface area (Å²) in [5.74, 6) is 1.36. The number of hydrogen-bond acceptors (Lipinski definition) is 5. The van der Waals surface area contributed by atoms with Gasteiger partial charge in [0.1, 0.15) is 11.5 Å². The van der Waals surface area contributed by atoms with E-state index in [4.69, 9.17) is 14.2 Å². The van der Waals surface area contributed by atoms with E-state index in [0.29, 0.717) is 6.61 Å². The fourth-order valence-electron chi connectivity index (χ4n) is 4.15. The van der Waals surface area contributed by atoms with Crippen molar-refractivity contribution in [1.82, 2.24) is 5.32 Å². The van der Waals surface area contributed by atoms with E-state index >= 15 is 0 Å². The Morgan fingerprint density at radius 1 is 1.19 bits per heavy atom. The van der Waals surface area contributed by atoms with Crippen LogP contribution in [-0.4, -0.2) is 32.8 Å². The fraction of sp³-hybridized carbons (Fsp3) is 0.409. The van der Waals surface area contributed by atoms with Crippen LogP contribution in [-0.2, 0) is 16.0 Å². The van der Waals surface area contributed by atoms with Crippen LogP contribution in [0.2, 0.25) is 0 Å². The van der Waals surface area contributed by atoms with Crippen LogP contribution < -0.4 is 14.8 Å². The van der Waals surface area contributed by atoms with E-state index in [1.165, 1.54) is 5.56 Å². The molecule has 0 saturated carbocycles. The smallest absolute Gasteiger partial charge is 0.311 e. The Bertz CT molecular complexity index is 818. The van der Waals surface area contributed by atoms with Crippen molar-refractivity contribution < 1.29 is 19.0 Å². The van der Waals surface area contributed by atoms with Crippen LogP contribution in [0.3, 0.4) is 0 Å². The standard InChI is InChI=1S/C22H25NO4/c1-3-26-22(24)20-18(16-5-4-14-10-11-27-19(14)12-16)13-23-21(20)15-6-8-17(25-2)9-7-15/h4-9,12,18,20-21,23H,3,10-11,13H2,1-2H3/t18-,20-,21+/m1/s1. The molecule has 2 aliphatic rings. The van der Waals surface area contributed by atoms with Crippen LogP contribution in [0.5, 0.6) is 11.5 Å². The lowest BCUT2D eigenvalue weighted by atomic mass is 9.82. The molecule has 4 rings (SSSR count). The van der Waals surface area contributed by atoms with Gasteiger partial charge in [0.25, 0.3) is 0 Å². The summed E-state index contributed by atoms with van der Waals surface area (Å²) < 4.78 is 16.4. The molecule has 5 heteroatoms. The highest BCUT2D eigenvalue weighted by molar-refractivity contribution is 5.76. The Kier molecular flexibility index (Phi) is 5.03. The van der Waals surface area contributed by atoms with E-state index < -0.39 is 0 Å². The van der Waals surface area contributed by atoms with Crippen molar-refractivity contribution in [2.75, 3.05) is 26.9 Å². The molecule has 2 aromatic carbocycles. The third-order valence-corrected chi connectivity index (χ3v) is 5.53. The third kappa shape index (κ3) is 3.39. The van der Waals surface area contributed by atoms with Gasteiger partial charge in [-0.15, -0.1) is 0 Å². The maximum atomic E-state index is 12.9. The van der Waals surface area contributed by atoms with Gasteiger partial charge in [0, 0.05) is 24.9 Å². The van der Waals surface area contributed by atoms with Crippen LogP contribution in [0, 0.1) is 5.92 Å². The number of ether oxygens (including phenoxy) is 3. The molecular formula is C22H25NO4. The summed E-state index contributed by atoms with van der Waals surface area (Å²) in [5.41, 5.74) is 3.43. The van der Waals surface area contributed by atoms with Crippen LogP contribution in [0.15, 0.2) is 42.5 Å². The second kappa shape index (κ2) is 7.61. The maximum Gasteiger partial charge on any atom is 0.311 e. The molecule has 2 aromatic rings. The molecule has 0 aliphatic carbocycles. The summed E-state index contributed by atoms with van der Waals surface area (Å²) in [5, 5.41) is 3.53. The van der Waals surface area contributed by atoms with E-state index in [1.54, 1.807) is 7.11 Å². The highest BCUT2D eigenvalue weighted by atomic mass is 16.5. The monoisotopic (exact) mass is 367 g/mol. The summed E-state index contributed by atoms with van der Waals surface area (Å²) in [6, 6.07) is 14.1. The summed E-state index contributed by atoms with van der Waals surface area (Å²) in [7, 11) is 1.65. The second-order valence-electron chi connectivity index (χ2n) is 7.01. The Labute approximate surface area is 159 Å². The molecule has 2 aliphatic heterocycles. The van der Waals surface area contributed by atoms with Gasteiger partial charge in [-0.3, -0.25) is 4.79 Å². The first-order chi connectivity index (χ1) is 13.2. The van der Waals surface area contributed by atoms with Gasteiger partial charge in [-0.25, -0.2) is 0 Å². The quantitative estimate of drug-likeness (QED) is 0.823. The van der Waals surface area contributed by atoms with E-state index in [0.717, 1.165) is 42.2 Å². The van der Waals surface area contributed by atoms with E-state index in [-0.39, 0.29) is 23.8 Å². The predicted molar refractivity (Wildman–Crippen MR) is 102 cm³/mol. The molecule has 0 amide bonds. The summed E-state index contributed by atoms with van der Waals surface area (Å²) in [6.07, 6.45) is 0.953. The largest absolute Gasteiger partial charge is 0.497 e. The summed E-state index contributed by atoms with van der Waals surface area (Å²) in [6.45, 7) is 3.68. The molecule has 1 fully saturated rings. The molecule has 0 unspecified atom stereocenters. The summed E-state index contributed by atoms with van der Waals surface area (Å²) >= 11 is 0. The van der Waals surface area contributed by atoms with Gasteiger partial charge in [-0.05, 0) is 41.8 Å². The van der Waals surface area contributed by atoms with Crippen molar-refractivity contribution >= 4 is 5.97 Å². The number of methoxy groups -OCH3 is 1. The zero-order valence-corrected chi connectivity index (χ0v) is 15.7.